The zero-order valence-corrected chi connectivity index (χ0v) is 13.1. The summed E-state index contributed by atoms with van der Waals surface area (Å²) in [6.07, 6.45) is 1.60. The first-order valence-electron chi connectivity index (χ1n) is 7.13. The molecule has 0 amide bonds. The molecule has 0 saturated carbocycles. The third-order valence-electron chi connectivity index (χ3n) is 2.94. The molecule has 8 heteroatoms. The average Bonchev–Trinajstić information content (AvgIpc) is 2.60. The highest BCUT2D eigenvalue weighted by molar-refractivity contribution is 5.96. The van der Waals surface area contributed by atoms with Gasteiger partial charge in [-0.3, -0.25) is 0 Å². The van der Waals surface area contributed by atoms with Crippen LogP contribution in [0.5, 0.6) is 11.5 Å². The van der Waals surface area contributed by atoms with Crippen molar-refractivity contribution in [2.24, 2.45) is 0 Å². The maximum Gasteiger partial charge on any atom is 0.336 e. The summed E-state index contributed by atoms with van der Waals surface area (Å²) in [6.45, 7) is 0. The normalized spacial score (nSPS) is 10.3. The lowest BCUT2D eigenvalue weighted by Crippen LogP contribution is -2.10. The second kappa shape index (κ2) is 8.25. The first-order valence-corrected chi connectivity index (χ1v) is 7.13. The molecule has 8 nitrogen and oxygen atoms in total. The van der Waals surface area contributed by atoms with Crippen LogP contribution < -0.4 is 9.47 Å². The van der Waals surface area contributed by atoms with Crippen LogP contribution in [0.3, 0.4) is 0 Å². The van der Waals surface area contributed by atoms with Crippen molar-refractivity contribution in [3.8, 4) is 11.5 Å². The quantitative estimate of drug-likeness (QED) is 0.458. The summed E-state index contributed by atoms with van der Waals surface area (Å²) in [5, 5.41) is 17.9. The average molecular weight is 356 g/mol. The van der Waals surface area contributed by atoms with Gasteiger partial charge in [0.25, 0.3) is 0 Å². The molecular formula is C18H12O8. The second-order valence-corrected chi connectivity index (χ2v) is 4.84. The molecule has 0 unspecified atom stereocenters. The number of carboxylic acid groups (broad SMARTS) is 2. The summed E-state index contributed by atoms with van der Waals surface area (Å²) in [4.78, 5) is 45.3. The minimum Gasteiger partial charge on any atom is -0.478 e. The number of ether oxygens (including phenoxy) is 2. The molecule has 0 aliphatic rings. The van der Waals surface area contributed by atoms with Crippen LogP contribution in [0.15, 0.2) is 60.7 Å². The maximum atomic E-state index is 11.7. The Labute approximate surface area is 146 Å². The first-order chi connectivity index (χ1) is 12.3. The van der Waals surface area contributed by atoms with Crippen molar-refractivity contribution in [2.75, 3.05) is 0 Å². The van der Waals surface area contributed by atoms with Crippen LogP contribution in [0, 0.1) is 0 Å². The molecule has 0 atom stereocenters. The first kappa shape index (κ1) is 18.4. The summed E-state index contributed by atoms with van der Waals surface area (Å²) in [6, 6.07) is 11.1. The van der Waals surface area contributed by atoms with E-state index >= 15 is 0 Å². The van der Waals surface area contributed by atoms with Gasteiger partial charge < -0.3 is 19.7 Å². The van der Waals surface area contributed by atoms with E-state index in [0.717, 1.165) is 30.4 Å². The van der Waals surface area contributed by atoms with Crippen LogP contribution >= 0.6 is 0 Å². The van der Waals surface area contributed by atoms with Gasteiger partial charge in [0.05, 0.1) is 11.1 Å². The number of para-hydroxylation sites is 1. The van der Waals surface area contributed by atoms with E-state index in [1.165, 1.54) is 0 Å². The van der Waals surface area contributed by atoms with Crippen molar-refractivity contribution in [2.45, 2.75) is 0 Å². The van der Waals surface area contributed by atoms with Crippen molar-refractivity contribution in [3.05, 3.63) is 71.8 Å². The topological polar surface area (TPSA) is 127 Å². The number of aromatic carboxylic acids is 2. The molecule has 0 aromatic heterocycles. The minimum atomic E-state index is -1.38. The lowest BCUT2D eigenvalue weighted by Gasteiger charge is -2.05. The van der Waals surface area contributed by atoms with E-state index in [-0.39, 0.29) is 22.6 Å². The van der Waals surface area contributed by atoms with Gasteiger partial charge in [0.2, 0.25) is 0 Å². The molecule has 0 radical (unpaired) electrons. The van der Waals surface area contributed by atoms with Gasteiger partial charge in [-0.1, -0.05) is 18.2 Å². The fraction of sp³-hybridized carbons (Fsp3) is 0. The highest BCUT2D eigenvalue weighted by atomic mass is 16.5. The number of carbonyl (C=O) groups excluding carboxylic acids is 2. The Hall–Kier alpha value is -3.94. The number of benzene rings is 2. The Morgan fingerprint density at radius 1 is 0.692 bits per heavy atom. The molecule has 0 fully saturated rings. The lowest BCUT2D eigenvalue weighted by molar-refractivity contribution is -0.131. The SMILES string of the molecule is O=C(/C=C\C(=O)Oc1cc(C(=O)O)cc(C(=O)O)c1)Oc1ccccc1. The Morgan fingerprint density at radius 2 is 1.15 bits per heavy atom. The van der Waals surface area contributed by atoms with E-state index in [2.05, 4.69) is 0 Å². The summed E-state index contributed by atoms with van der Waals surface area (Å²) in [7, 11) is 0. The number of carbonyl (C=O) groups is 4. The van der Waals surface area contributed by atoms with E-state index in [4.69, 9.17) is 19.7 Å². The van der Waals surface area contributed by atoms with E-state index < -0.39 is 23.9 Å². The molecule has 0 bridgehead atoms. The van der Waals surface area contributed by atoms with Crippen LogP contribution in [0.2, 0.25) is 0 Å². The molecule has 0 saturated heterocycles. The van der Waals surface area contributed by atoms with E-state index in [1.54, 1.807) is 30.3 Å². The van der Waals surface area contributed by atoms with Gasteiger partial charge in [0, 0.05) is 12.2 Å². The molecule has 0 aliphatic carbocycles. The Morgan fingerprint density at radius 3 is 1.62 bits per heavy atom. The van der Waals surface area contributed by atoms with Crippen molar-refractivity contribution < 1.29 is 38.9 Å². The molecule has 2 aromatic carbocycles. The third-order valence-corrected chi connectivity index (χ3v) is 2.94. The van der Waals surface area contributed by atoms with Gasteiger partial charge in [-0.05, 0) is 30.3 Å². The zero-order valence-electron chi connectivity index (χ0n) is 13.1. The monoisotopic (exact) mass is 356 g/mol. The van der Waals surface area contributed by atoms with Crippen molar-refractivity contribution in [3.63, 3.8) is 0 Å². The Bertz CT molecular complexity index is 851. The van der Waals surface area contributed by atoms with Crippen LogP contribution in [-0.2, 0) is 9.59 Å². The maximum absolute atomic E-state index is 11.7. The second-order valence-electron chi connectivity index (χ2n) is 4.84. The Balaban J connectivity index is 2.06. The standard InChI is InChI=1S/C18H12O8/c19-15(25-13-4-2-1-3-5-13)6-7-16(20)26-14-9-11(17(21)22)8-12(10-14)18(23)24/h1-10H,(H,21,22)(H,23,24)/b7-6-. The molecular weight excluding hydrogens is 344 g/mol. The van der Waals surface area contributed by atoms with E-state index in [1.807, 2.05) is 0 Å². The van der Waals surface area contributed by atoms with Crippen molar-refractivity contribution >= 4 is 23.9 Å². The molecule has 2 aromatic rings. The smallest absolute Gasteiger partial charge is 0.336 e. The van der Waals surface area contributed by atoms with Crippen molar-refractivity contribution in [1.82, 2.24) is 0 Å². The van der Waals surface area contributed by atoms with Crippen LogP contribution in [-0.4, -0.2) is 34.1 Å². The van der Waals surface area contributed by atoms with Gasteiger partial charge in [-0.2, -0.15) is 0 Å². The molecule has 0 spiro atoms. The van der Waals surface area contributed by atoms with Crippen LogP contribution in [0.1, 0.15) is 20.7 Å². The highest BCUT2D eigenvalue weighted by Gasteiger charge is 2.13. The molecule has 132 valence electrons. The number of hydrogen-bond donors (Lipinski definition) is 2. The Kier molecular flexibility index (Phi) is 5.83. The molecule has 0 aliphatic heterocycles. The molecule has 2 rings (SSSR count). The van der Waals surface area contributed by atoms with Crippen LogP contribution in [0.25, 0.3) is 0 Å². The molecule has 0 heterocycles. The van der Waals surface area contributed by atoms with Gasteiger partial charge in [0.15, 0.2) is 0 Å². The highest BCUT2D eigenvalue weighted by Crippen LogP contribution is 2.18. The van der Waals surface area contributed by atoms with Gasteiger partial charge in [0.1, 0.15) is 11.5 Å². The van der Waals surface area contributed by atoms with Gasteiger partial charge in [-0.15, -0.1) is 0 Å². The van der Waals surface area contributed by atoms with Gasteiger partial charge in [-0.25, -0.2) is 19.2 Å². The summed E-state index contributed by atoms with van der Waals surface area (Å²) < 4.78 is 9.76. The lowest BCUT2D eigenvalue weighted by atomic mass is 10.1. The predicted octanol–water partition coefficient (Wildman–Crippen LogP) is 2.15. The van der Waals surface area contributed by atoms with Crippen LogP contribution in [0.4, 0.5) is 0 Å². The fourth-order valence-corrected chi connectivity index (χ4v) is 1.83. The van der Waals surface area contributed by atoms with E-state index in [9.17, 15) is 19.2 Å². The van der Waals surface area contributed by atoms with E-state index in [0.29, 0.717) is 0 Å². The zero-order chi connectivity index (χ0) is 19.1. The number of carboxylic acids is 2. The molecule has 26 heavy (non-hydrogen) atoms. The largest absolute Gasteiger partial charge is 0.478 e. The minimum absolute atomic E-state index is 0.284. The number of rotatable bonds is 6. The summed E-state index contributed by atoms with van der Waals surface area (Å²) in [5.74, 6) is -4.59. The van der Waals surface area contributed by atoms with Crippen molar-refractivity contribution in [1.29, 1.82) is 0 Å². The predicted molar refractivity (Wildman–Crippen MR) is 87.2 cm³/mol. The third kappa shape index (κ3) is 5.31. The summed E-state index contributed by atoms with van der Waals surface area (Å²) >= 11 is 0. The number of esters is 2. The van der Waals surface area contributed by atoms with Gasteiger partial charge >= 0.3 is 23.9 Å². The summed E-state index contributed by atoms with van der Waals surface area (Å²) in [5.41, 5.74) is -0.722. The number of hydrogen-bond acceptors (Lipinski definition) is 6. The molecule has 2 N–H and O–H groups in total. The fourth-order valence-electron chi connectivity index (χ4n) is 1.83.